The maximum atomic E-state index is 12.9. The Morgan fingerprint density at radius 3 is 2.41 bits per heavy atom. The molecule has 1 aromatic rings. The molecule has 1 unspecified atom stereocenters. The van der Waals surface area contributed by atoms with E-state index in [0.29, 0.717) is 18.5 Å². The van der Waals surface area contributed by atoms with Crippen molar-refractivity contribution in [3.05, 3.63) is 29.3 Å². The molecule has 3 fully saturated rings. The number of imide groups is 1. The Morgan fingerprint density at radius 1 is 1.03 bits per heavy atom. The molecule has 3 N–H and O–H groups in total. The van der Waals surface area contributed by atoms with E-state index in [-0.39, 0.29) is 24.1 Å². The number of nitrogens with one attached hydrogen (secondary N) is 2. The molecule has 3 amide bonds. The van der Waals surface area contributed by atoms with E-state index >= 15 is 0 Å². The van der Waals surface area contributed by atoms with E-state index in [1.807, 2.05) is 12.1 Å². The molecule has 0 aromatic heterocycles. The van der Waals surface area contributed by atoms with Crippen LogP contribution in [0.4, 0.5) is 18.9 Å². The summed E-state index contributed by atoms with van der Waals surface area (Å²) in [5.41, 5.74) is 2.82. The number of carbonyl (C=O) groups excluding carboxylic acids is 3. The molecule has 0 aliphatic carbocycles. The van der Waals surface area contributed by atoms with Crippen LogP contribution in [-0.2, 0) is 20.9 Å². The molecule has 1 atom stereocenters. The fourth-order valence-corrected chi connectivity index (χ4v) is 5.60. The van der Waals surface area contributed by atoms with Gasteiger partial charge in [-0.3, -0.25) is 19.7 Å². The summed E-state index contributed by atoms with van der Waals surface area (Å²) in [5, 5.41) is 12.9. The minimum absolute atomic E-state index is 0.106. The second-order valence-corrected chi connectivity index (χ2v) is 10.4. The van der Waals surface area contributed by atoms with Crippen LogP contribution in [0.3, 0.4) is 0 Å². The lowest BCUT2D eigenvalue weighted by atomic mass is 9.97. The van der Waals surface area contributed by atoms with Crippen LogP contribution >= 0.6 is 0 Å². The first-order valence-electron chi connectivity index (χ1n) is 13.3. The summed E-state index contributed by atoms with van der Waals surface area (Å²) in [4.78, 5) is 52.3. The average Bonchev–Trinajstić information content (AvgIpc) is 3.05. The number of anilines is 1. The number of fused-ring (bicyclic) bond motifs is 1. The zero-order chi connectivity index (χ0) is 28.2. The largest absolute Gasteiger partial charge is 0.490 e. The molecule has 0 bridgehead atoms. The van der Waals surface area contributed by atoms with Gasteiger partial charge in [0.1, 0.15) is 6.04 Å². The number of halogens is 3. The molecule has 214 valence electrons. The standard InChI is InChI=1S/C24H33N5O3.C2HF3O2/c30-22-5-4-21(23(31)26-22)29-16-18-14-19(2-3-20(18)24(29)32)28-11-1-10-27(12-13-28)15-17-6-8-25-9-7-17;3-2(4,5)1(6)7/h2-3,14,17,21,25H,1,4-13,15-16H2,(H,26,30,31);(H,6,7). The van der Waals surface area contributed by atoms with Crippen LogP contribution in [0, 0.1) is 5.92 Å². The van der Waals surface area contributed by atoms with Gasteiger partial charge in [-0.1, -0.05) is 0 Å². The van der Waals surface area contributed by atoms with Crippen LogP contribution in [0.5, 0.6) is 0 Å². The third kappa shape index (κ3) is 7.27. The minimum Gasteiger partial charge on any atom is -0.475 e. The van der Waals surface area contributed by atoms with Gasteiger partial charge in [0.05, 0.1) is 0 Å². The highest BCUT2D eigenvalue weighted by molar-refractivity contribution is 6.05. The number of piperidine rings is 2. The van der Waals surface area contributed by atoms with Crippen molar-refractivity contribution in [2.24, 2.45) is 5.92 Å². The van der Waals surface area contributed by atoms with Crippen LogP contribution < -0.4 is 15.5 Å². The number of carbonyl (C=O) groups is 4. The maximum absolute atomic E-state index is 12.9. The van der Waals surface area contributed by atoms with Crippen LogP contribution in [0.25, 0.3) is 0 Å². The Hall–Kier alpha value is -3.19. The molecule has 4 aliphatic heterocycles. The van der Waals surface area contributed by atoms with Crippen molar-refractivity contribution >= 4 is 29.4 Å². The van der Waals surface area contributed by atoms with Crippen molar-refractivity contribution < 1.29 is 37.5 Å². The van der Waals surface area contributed by atoms with Crippen LogP contribution in [-0.4, -0.2) is 96.6 Å². The van der Waals surface area contributed by atoms with Crippen LogP contribution in [0.1, 0.15) is 48.0 Å². The molecule has 0 saturated carbocycles. The predicted octanol–water partition coefficient (Wildman–Crippen LogP) is 1.59. The molecular weight excluding hydrogens is 519 g/mol. The van der Waals surface area contributed by atoms with E-state index < -0.39 is 18.2 Å². The molecule has 10 nitrogen and oxygen atoms in total. The Morgan fingerprint density at radius 2 is 1.74 bits per heavy atom. The summed E-state index contributed by atoms with van der Waals surface area (Å²) in [6.07, 6.45) is -0.700. The van der Waals surface area contributed by atoms with E-state index in [9.17, 15) is 27.6 Å². The second-order valence-electron chi connectivity index (χ2n) is 10.4. The fourth-order valence-electron chi connectivity index (χ4n) is 5.60. The van der Waals surface area contributed by atoms with Crippen LogP contribution in [0.2, 0.25) is 0 Å². The van der Waals surface area contributed by atoms with Gasteiger partial charge < -0.3 is 25.1 Å². The third-order valence-electron chi connectivity index (χ3n) is 7.68. The number of nitrogens with zero attached hydrogens (tertiary/aromatic N) is 3. The Bertz CT molecular complexity index is 1090. The normalized spacial score (nSPS) is 23.1. The summed E-state index contributed by atoms with van der Waals surface area (Å²) < 4.78 is 31.7. The Labute approximate surface area is 224 Å². The van der Waals surface area contributed by atoms with E-state index in [0.717, 1.165) is 62.9 Å². The van der Waals surface area contributed by atoms with E-state index in [2.05, 4.69) is 26.5 Å². The molecular formula is C26H34F3N5O5. The molecule has 1 aromatic carbocycles. The average molecular weight is 554 g/mol. The van der Waals surface area contributed by atoms with Gasteiger partial charge in [0.25, 0.3) is 5.91 Å². The molecule has 4 aliphatic rings. The number of carboxylic acids is 1. The highest BCUT2D eigenvalue weighted by atomic mass is 19.4. The number of hydrogen-bond acceptors (Lipinski definition) is 7. The fraction of sp³-hybridized carbons (Fsp3) is 0.615. The molecule has 3 saturated heterocycles. The van der Waals surface area contributed by atoms with Gasteiger partial charge in [-0.25, -0.2) is 4.79 Å². The van der Waals surface area contributed by atoms with Crippen molar-refractivity contribution in [1.29, 1.82) is 0 Å². The van der Waals surface area contributed by atoms with Gasteiger partial charge in [-0.2, -0.15) is 13.2 Å². The van der Waals surface area contributed by atoms with Crippen molar-refractivity contribution in [3.63, 3.8) is 0 Å². The van der Waals surface area contributed by atoms with Gasteiger partial charge in [0.2, 0.25) is 11.8 Å². The van der Waals surface area contributed by atoms with Crippen LogP contribution in [0.15, 0.2) is 18.2 Å². The van der Waals surface area contributed by atoms with E-state index in [1.54, 1.807) is 4.90 Å². The molecule has 5 rings (SSSR count). The summed E-state index contributed by atoms with van der Waals surface area (Å²) in [6.45, 7) is 8.16. The van der Waals surface area contributed by atoms with E-state index in [4.69, 9.17) is 9.90 Å². The van der Waals surface area contributed by atoms with Crippen molar-refractivity contribution in [1.82, 2.24) is 20.4 Å². The maximum Gasteiger partial charge on any atom is 0.490 e. The lowest BCUT2D eigenvalue weighted by Crippen LogP contribution is -2.52. The number of benzene rings is 1. The third-order valence-corrected chi connectivity index (χ3v) is 7.68. The van der Waals surface area contributed by atoms with Gasteiger partial charge in [0.15, 0.2) is 0 Å². The number of amides is 3. The van der Waals surface area contributed by atoms with Crippen molar-refractivity contribution in [3.8, 4) is 0 Å². The topological polar surface area (TPSA) is 122 Å². The number of hydrogen-bond donors (Lipinski definition) is 3. The molecule has 0 radical (unpaired) electrons. The highest BCUT2D eigenvalue weighted by Gasteiger charge is 2.39. The summed E-state index contributed by atoms with van der Waals surface area (Å²) >= 11 is 0. The summed E-state index contributed by atoms with van der Waals surface area (Å²) in [7, 11) is 0. The smallest absolute Gasteiger partial charge is 0.475 e. The zero-order valence-corrected chi connectivity index (χ0v) is 21.6. The number of alkyl halides is 3. The van der Waals surface area contributed by atoms with Gasteiger partial charge >= 0.3 is 12.1 Å². The predicted molar refractivity (Wildman–Crippen MR) is 135 cm³/mol. The lowest BCUT2D eigenvalue weighted by molar-refractivity contribution is -0.192. The monoisotopic (exact) mass is 553 g/mol. The minimum atomic E-state index is -5.08. The molecule has 4 heterocycles. The van der Waals surface area contributed by atoms with Gasteiger partial charge in [0, 0.05) is 50.4 Å². The highest BCUT2D eigenvalue weighted by Crippen LogP contribution is 2.31. The molecule has 0 spiro atoms. The first-order valence-corrected chi connectivity index (χ1v) is 13.3. The first-order chi connectivity index (χ1) is 18.5. The van der Waals surface area contributed by atoms with Gasteiger partial charge in [-0.05, 0) is 75.0 Å². The quantitative estimate of drug-likeness (QED) is 0.481. The van der Waals surface area contributed by atoms with Gasteiger partial charge in [-0.15, -0.1) is 0 Å². The van der Waals surface area contributed by atoms with E-state index in [1.165, 1.54) is 19.4 Å². The SMILES string of the molecule is O=C(O)C(F)(F)F.O=C1CCC(N2Cc3cc(N4CCCN(CC5CCNCC5)CC4)ccc3C2=O)C(=O)N1. The molecule has 13 heteroatoms. The second kappa shape index (κ2) is 12.3. The number of aliphatic carboxylic acids is 1. The van der Waals surface area contributed by atoms with Crippen molar-refractivity contribution in [2.45, 2.75) is 50.9 Å². The number of carboxylic acid groups (broad SMARTS) is 1. The Kier molecular flexibility index (Phi) is 9.11. The van der Waals surface area contributed by atoms with Crippen molar-refractivity contribution in [2.75, 3.05) is 50.7 Å². The summed E-state index contributed by atoms with van der Waals surface area (Å²) in [5.74, 6) is -2.67. The lowest BCUT2D eigenvalue weighted by Gasteiger charge is -2.29. The molecule has 39 heavy (non-hydrogen) atoms. The first kappa shape index (κ1) is 28.8. The summed E-state index contributed by atoms with van der Waals surface area (Å²) in [6, 6.07) is 5.53. The number of rotatable bonds is 4. The Balaban J connectivity index is 0.000000448. The zero-order valence-electron chi connectivity index (χ0n) is 21.6.